The molecule has 1 amide bonds. The molecule has 0 aromatic carbocycles. The van der Waals surface area contributed by atoms with Crippen LogP contribution in [-0.2, 0) is 4.79 Å². The third-order valence-electron chi connectivity index (χ3n) is 3.53. The lowest BCUT2D eigenvalue weighted by Gasteiger charge is -2.27. The minimum absolute atomic E-state index is 0.114. The molecule has 5 nitrogen and oxygen atoms in total. The fourth-order valence-electron chi connectivity index (χ4n) is 2.16. The van der Waals surface area contributed by atoms with E-state index in [9.17, 15) is 4.79 Å². The summed E-state index contributed by atoms with van der Waals surface area (Å²) >= 11 is 11.7. The van der Waals surface area contributed by atoms with E-state index in [1.54, 1.807) is 0 Å². The standard InChI is InChI=1S/C11H14Cl2N4O/c1-11(4-2-3-6(11)14)10(18)17-9-7(12)8(13)15-5-16-9/h5-6H,2-4,14H2,1H3,(H,15,16,17,18). The largest absolute Gasteiger partial charge is 0.327 e. The number of carbonyl (C=O) groups excluding carboxylic acids is 1. The highest BCUT2D eigenvalue weighted by molar-refractivity contribution is 6.42. The van der Waals surface area contributed by atoms with E-state index in [4.69, 9.17) is 28.9 Å². The second kappa shape index (κ2) is 4.99. The van der Waals surface area contributed by atoms with E-state index in [0.717, 1.165) is 19.3 Å². The van der Waals surface area contributed by atoms with Crippen LogP contribution in [0.2, 0.25) is 10.2 Å². The number of nitrogens with two attached hydrogens (primary N) is 1. The Morgan fingerprint density at radius 1 is 1.56 bits per heavy atom. The molecule has 0 aliphatic heterocycles. The Bertz CT molecular complexity index is 482. The van der Waals surface area contributed by atoms with Crippen LogP contribution in [0.25, 0.3) is 0 Å². The smallest absolute Gasteiger partial charge is 0.233 e. The number of carbonyl (C=O) groups is 1. The lowest BCUT2D eigenvalue weighted by atomic mass is 9.84. The molecule has 98 valence electrons. The molecule has 0 radical (unpaired) electrons. The molecule has 1 heterocycles. The van der Waals surface area contributed by atoms with Gasteiger partial charge in [0.25, 0.3) is 0 Å². The van der Waals surface area contributed by atoms with Crippen LogP contribution in [0.4, 0.5) is 5.82 Å². The van der Waals surface area contributed by atoms with Crippen LogP contribution in [-0.4, -0.2) is 21.9 Å². The summed E-state index contributed by atoms with van der Waals surface area (Å²) < 4.78 is 0. The minimum atomic E-state index is -0.583. The van der Waals surface area contributed by atoms with E-state index >= 15 is 0 Å². The first-order valence-corrected chi connectivity index (χ1v) is 6.44. The molecule has 2 rings (SSSR count). The summed E-state index contributed by atoms with van der Waals surface area (Å²) in [5.74, 6) is 0.0474. The average molecular weight is 289 g/mol. The number of hydrogen-bond donors (Lipinski definition) is 2. The van der Waals surface area contributed by atoms with E-state index in [0.29, 0.717) is 0 Å². The Labute approximate surface area is 115 Å². The van der Waals surface area contributed by atoms with Crippen LogP contribution in [0.1, 0.15) is 26.2 Å². The SMILES string of the molecule is CC1(C(=O)Nc2ncnc(Cl)c2Cl)CCCC1N. The molecule has 1 aromatic heterocycles. The summed E-state index contributed by atoms with van der Waals surface area (Å²) in [6.07, 6.45) is 3.81. The first-order chi connectivity index (χ1) is 8.45. The van der Waals surface area contributed by atoms with Crippen molar-refractivity contribution in [2.75, 3.05) is 5.32 Å². The van der Waals surface area contributed by atoms with Crippen molar-refractivity contribution < 1.29 is 4.79 Å². The van der Waals surface area contributed by atoms with Crippen molar-refractivity contribution >= 4 is 34.9 Å². The molecule has 18 heavy (non-hydrogen) atoms. The predicted molar refractivity (Wildman–Crippen MR) is 70.6 cm³/mol. The Kier molecular flexibility index (Phi) is 3.75. The van der Waals surface area contributed by atoms with Gasteiger partial charge in [0.15, 0.2) is 11.0 Å². The van der Waals surface area contributed by atoms with Gasteiger partial charge in [-0.05, 0) is 19.8 Å². The summed E-state index contributed by atoms with van der Waals surface area (Å²) in [6.45, 7) is 1.86. The van der Waals surface area contributed by atoms with Gasteiger partial charge >= 0.3 is 0 Å². The maximum absolute atomic E-state index is 12.3. The third-order valence-corrected chi connectivity index (χ3v) is 4.27. The van der Waals surface area contributed by atoms with Crippen LogP contribution in [0.15, 0.2) is 6.33 Å². The van der Waals surface area contributed by atoms with Crippen molar-refractivity contribution in [1.29, 1.82) is 0 Å². The molecular weight excluding hydrogens is 275 g/mol. The molecule has 0 spiro atoms. The Morgan fingerprint density at radius 3 is 2.89 bits per heavy atom. The third kappa shape index (κ3) is 2.30. The van der Waals surface area contributed by atoms with Crippen molar-refractivity contribution in [3.8, 4) is 0 Å². The summed E-state index contributed by atoms with van der Waals surface area (Å²) in [6, 6.07) is -0.145. The zero-order valence-corrected chi connectivity index (χ0v) is 11.4. The van der Waals surface area contributed by atoms with Crippen molar-refractivity contribution in [2.24, 2.45) is 11.1 Å². The predicted octanol–water partition coefficient (Wildman–Crippen LogP) is 2.24. The van der Waals surface area contributed by atoms with Gasteiger partial charge in [0.1, 0.15) is 11.3 Å². The fraction of sp³-hybridized carbons (Fsp3) is 0.545. The van der Waals surface area contributed by atoms with Crippen LogP contribution in [0.3, 0.4) is 0 Å². The van der Waals surface area contributed by atoms with Gasteiger partial charge in [-0.2, -0.15) is 0 Å². The molecule has 3 N–H and O–H groups in total. The number of hydrogen-bond acceptors (Lipinski definition) is 4. The maximum Gasteiger partial charge on any atom is 0.233 e. The normalized spacial score (nSPS) is 27.2. The van der Waals surface area contributed by atoms with E-state index in [-0.39, 0.29) is 27.9 Å². The van der Waals surface area contributed by atoms with Gasteiger partial charge in [-0.3, -0.25) is 4.79 Å². The van der Waals surface area contributed by atoms with Gasteiger partial charge < -0.3 is 11.1 Å². The van der Waals surface area contributed by atoms with Crippen LogP contribution in [0.5, 0.6) is 0 Å². The van der Waals surface area contributed by atoms with Crippen molar-refractivity contribution in [3.05, 3.63) is 16.5 Å². The van der Waals surface area contributed by atoms with E-state index in [1.807, 2.05) is 6.92 Å². The van der Waals surface area contributed by atoms with Gasteiger partial charge in [0.05, 0.1) is 5.41 Å². The topological polar surface area (TPSA) is 80.9 Å². The van der Waals surface area contributed by atoms with Gasteiger partial charge in [0.2, 0.25) is 5.91 Å². The number of nitrogens with one attached hydrogen (secondary N) is 1. The zero-order chi connectivity index (χ0) is 13.3. The number of nitrogens with zero attached hydrogens (tertiary/aromatic N) is 2. The quantitative estimate of drug-likeness (QED) is 0.818. The van der Waals surface area contributed by atoms with Gasteiger partial charge in [-0.25, -0.2) is 9.97 Å². The summed E-state index contributed by atoms with van der Waals surface area (Å²) in [5, 5.41) is 2.93. The maximum atomic E-state index is 12.3. The molecule has 1 aliphatic carbocycles. The highest BCUT2D eigenvalue weighted by Gasteiger charge is 2.43. The summed E-state index contributed by atoms with van der Waals surface area (Å²) in [4.78, 5) is 19.9. The number of anilines is 1. The number of amides is 1. The van der Waals surface area contributed by atoms with E-state index in [1.165, 1.54) is 6.33 Å². The second-order valence-electron chi connectivity index (χ2n) is 4.70. The lowest BCUT2D eigenvalue weighted by molar-refractivity contribution is -0.125. The highest BCUT2D eigenvalue weighted by atomic mass is 35.5. The Hall–Kier alpha value is -0.910. The monoisotopic (exact) mass is 288 g/mol. The highest BCUT2D eigenvalue weighted by Crippen LogP contribution is 2.38. The van der Waals surface area contributed by atoms with E-state index in [2.05, 4.69) is 15.3 Å². The van der Waals surface area contributed by atoms with E-state index < -0.39 is 5.41 Å². The lowest BCUT2D eigenvalue weighted by Crippen LogP contribution is -2.44. The zero-order valence-electron chi connectivity index (χ0n) is 9.91. The van der Waals surface area contributed by atoms with Crippen LogP contribution >= 0.6 is 23.2 Å². The molecule has 0 saturated heterocycles. The fourth-order valence-corrected chi connectivity index (χ4v) is 2.44. The molecule has 1 fully saturated rings. The van der Waals surface area contributed by atoms with Crippen LogP contribution < -0.4 is 11.1 Å². The molecule has 1 aliphatic rings. The molecule has 2 atom stereocenters. The second-order valence-corrected chi connectivity index (χ2v) is 5.43. The van der Waals surface area contributed by atoms with Gasteiger partial charge in [-0.1, -0.05) is 29.6 Å². The van der Waals surface area contributed by atoms with Gasteiger partial charge in [-0.15, -0.1) is 0 Å². The number of halogens is 2. The molecule has 0 bridgehead atoms. The first kappa shape index (κ1) is 13.5. The summed E-state index contributed by atoms with van der Waals surface area (Å²) in [5.41, 5.74) is 5.40. The first-order valence-electron chi connectivity index (χ1n) is 5.68. The molecule has 2 unspecified atom stereocenters. The number of rotatable bonds is 2. The molecule has 7 heteroatoms. The van der Waals surface area contributed by atoms with Crippen molar-refractivity contribution in [3.63, 3.8) is 0 Å². The minimum Gasteiger partial charge on any atom is -0.327 e. The Balaban J connectivity index is 2.19. The Morgan fingerprint density at radius 2 is 2.28 bits per heavy atom. The summed E-state index contributed by atoms with van der Waals surface area (Å²) in [7, 11) is 0. The average Bonchev–Trinajstić information content (AvgIpc) is 2.67. The molecule has 1 aromatic rings. The van der Waals surface area contributed by atoms with Gasteiger partial charge in [0, 0.05) is 6.04 Å². The van der Waals surface area contributed by atoms with Crippen LogP contribution in [0, 0.1) is 5.41 Å². The molecule has 1 saturated carbocycles. The number of aromatic nitrogens is 2. The van der Waals surface area contributed by atoms with Crippen molar-refractivity contribution in [2.45, 2.75) is 32.2 Å². The molecular formula is C11H14Cl2N4O. The van der Waals surface area contributed by atoms with Crippen molar-refractivity contribution in [1.82, 2.24) is 9.97 Å².